The summed E-state index contributed by atoms with van der Waals surface area (Å²) >= 11 is 0. The molecular formula is C12H12N2O3. The molecule has 5 heteroatoms. The molecule has 17 heavy (non-hydrogen) atoms. The quantitative estimate of drug-likeness (QED) is 0.469. The summed E-state index contributed by atoms with van der Waals surface area (Å²) in [5.41, 5.74) is 11.5. The molecule has 2 rings (SSSR count). The number of nitrogen functional groups attached to an aromatic ring is 2. The molecule has 0 saturated carbocycles. The van der Waals surface area contributed by atoms with Crippen LogP contribution >= 0.6 is 0 Å². The summed E-state index contributed by atoms with van der Waals surface area (Å²) in [7, 11) is 0. The first kappa shape index (κ1) is 10.9. The summed E-state index contributed by atoms with van der Waals surface area (Å²) in [5.74, 6) is 0.423. The fraction of sp³-hybridized carbons (Fsp3) is 0. The molecule has 2 aromatic carbocycles. The Morgan fingerprint density at radius 2 is 1.18 bits per heavy atom. The second-order valence-corrected chi connectivity index (χ2v) is 3.48. The van der Waals surface area contributed by atoms with Gasteiger partial charge in [-0.3, -0.25) is 0 Å². The average Bonchev–Trinajstić information content (AvgIpc) is 2.31. The minimum atomic E-state index is -0.0683. The van der Waals surface area contributed by atoms with E-state index in [1.165, 1.54) is 12.1 Å². The van der Waals surface area contributed by atoms with Crippen molar-refractivity contribution in [3.63, 3.8) is 0 Å². The van der Waals surface area contributed by atoms with Crippen LogP contribution in [0.5, 0.6) is 23.0 Å². The monoisotopic (exact) mass is 232 g/mol. The van der Waals surface area contributed by atoms with Crippen molar-refractivity contribution < 1.29 is 14.9 Å². The van der Waals surface area contributed by atoms with E-state index in [9.17, 15) is 10.2 Å². The standard InChI is InChI=1S/C12H12N2O3/c13-11-7(15)3-1-5-9(11)17-10-6-2-4-8(16)12(10)14/h1-6,15-16H,13-14H2. The van der Waals surface area contributed by atoms with E-state index in [0.29, 0.717) is 0 Å². The Labute approximate surface area is 97.9 Å². The second kappa shape index (κ2) is 4.13. The number of hydrogen-bond donors (Lipinski definition) is 4. The van der Waals surface area contributed by atoms with Crippen LogP contribution in [0.4, 0.5) is 11.4 Å². The number of phenolic OH excluding ortho intramolecular Hbond substituents is 2. The molecule has 0 radical (unpaired) electrons. The van der Waals surface area contributed by atoms with Gasteiger partial charge in [0, 0.05) is 0 Å². The predicted octanol–water partition coefficient (Wildman–Crippen LogP) is 2.05. The number of aromatic hydroxyl groups is 2. The normalized spacial score (nSPS) is 10.1. The Hall–Kier alpha value is -2.56. The molecule has 0 amide bonds. The fourth-order valence-corrected chi connectivity index (χ4v) is 1.36. The number of phenols is 2. The van der Waals surface area contributed by atoms with Gasteiger partial charge in [0.25, 0.3) is 0 Å². The third kappa shape index (κ3) is 2.03. The first-order chi connectivity index (χ1) is 8.09. The van der Waals surface area contributed by atoms with Crippen LogP contribution in [-0.4, -0.2) is 10.2 Å². The van der Waals surface area contributed by atoms with Crippen LogP contribution < -0.4 is 16.2 Å². The number of anilines is 2. The number of ether oxygens (including phenoxy) is 1. The molecule has 6 N–H and O–H groups in total. The highest BCUT2D eigenvalue weighted by Gasteiger charge is 2.09. The third-order valence-electron chi connectivity index (χ3n) is 2.31. The Balaban J connectivity index is 2.38. The lowest BCUT2D eigenvalue weighted by Crippen LogP contribution is -1.95. The summed E-state index contributed by atoms with van der Waals surface area (Å²) in [6, 6.07) is 9.29. The van der Waals surface area contributed by atoms with E-state index in [1.54, 1.807) is 24.3 Å². The minimum Gasteiger partial charge on any atom is -0.506 e. The predicted molar refractivity (Wildman–Crippen MR) is 65.1 cm³/mol. The van der Waals surface area contributed by atoms with E-state index in [1.807, 2.05) is 0 Å². The van der Waals surface area contributed by atoms with E-state index >= 15 is 0 Å². The van der Waals surface area contributed by atoms with Crippen LogP contribution in [-0.2, 0) is 0 Å². The highest BCUT2D eigenvalue weighted by atomic mass is 16.5. The van der Waals surface area contributed by atoms with Gasteiger partial charge in [-0.15, -0.1) is 0 Å². The average molecular weight is 232 g/mol. The SMILES string of the molecule is Nc1c(O)cccc1Oc1cccc(O)c1N. The summed E-state index contributed by atoms with van der Waals surface area (Å²) in [6.07, 6.45) is 0. The van der Waals surface area contributed by atoms with Crippen molar-refractivity contribution in [3.8, 4) is 23.0 Å². The van der Waals surface area contributed by atoms with Gasteiger partial charge in [0.15, 0.2) is 11.5 Å². The molecule has 88 valence electrons. The van der Waals surface area contributed by atoms with Crippen molar-refractivity contribution in [2.24, 2.45) is 0 Å². The van der Waals surface area contributed by atoms with Crippen molar-refractivity contribution in [1.29, 1.82) is 0 Å². The largest absolute Gasteiger partial charge is 0.506 e. The van der Waals surface area contributed by atoms with Gasteiger partial charge in [-0.25, -0.2) is 0 Å². The molecule has 0 bridgehead atoms. The van der Waals surface area contributed by atoms with Crippen LogP contribution in [0.2, 0.25) is 0 Å². The Morgan fingerprint density at radius 1 is 0.765 bits per heavy atom. The molecule has 5 nitrogen and oxygen atoms in total. The molecule has 0 unspecified atom stereocenters. The van der Waals surface area contributed by atoms with Gasteiger partial charge in [0.2, 0.25) is 0 Å². The zero-order valence-electron chi connectivity index (χ0n) is 8.92. The van der Waals surface area contributed by atoms with E-state index < -0.39 is 0 Å². The smallest absolute Gasteiger partial charge is 0.154 e. The van der Waals surface area contributed by atoms with Crippen LogP contribution in [0.25, 0.3) is 0 Å². The molecule has 0 spiro atoms. The van der Waals surface area contributed by atoms with E-state index in [0.717, 1.165) is 0 Å². The van der Waals surface area contributed by atoms with Crippen LogP contribution in [0.3, 0.4) is 0 Å². The Morgan fingerprint density at radius 3 is 1.59 bits per heavy atom. The van der Waals surface area contributed by atoms with Crippen molar-refractivity contribution in [2.45, 2.75) is 0 Å². The zero-order valence-corrected chi connectivity index (χ0v) is 8.92. The maximum absolute atomic E-state index is 9.42. The fourth-order valence-electron chi connectivity index (χ4n) is 1.36. The molecule has 0 aliphatic carbocycles. The number of rotatable bonds is 2. The summed E-state index contributed by atoms with van der Waals surface area (Å²) in [4.78, 5) is 0. The maximum atomic E-state index is 9.42. The summed E-state index contributed by atoms with van der Waals surface area (Å²) in [5, 5.41) is 18.8. The summed E-state index contributed by atoms with van der Waals surface area (Å²) in [6.45, 7) is 0. The lowest BCUT2D eigenvalue weighted by Gasteiger charge is -2.11. The maximum Gasteiger partial charge on any atom is 0.154 e. The number of para-hydroxylation sites is 2. The number of hydrogen-bond acceptors (Lipinski definition) is 5. The van der Waals surface area contributed by atoms with Gasteiger partial charge in [-0.1, -0.05) is 12.1 Å². The number of nitrogens with two attached hydrogens (primary N) is 2. The van der Waals surface area contributed by atoms with Gasteiger partial charge < -0.3 is 26.4 Å². The van der Waals surface area contributed by atoms with Crippen LogP contribution in [0, 0.1) is 0 Å². The van der Waals surface area contributed by atoms with Crippen LogP contribution in [0.15, 0.2) is 36.4 Å². The van der Waals surface area contributed by atoms with Gasteiger partial charge >= 0.3 is 0 Å². The summed E-state index contributed by atoms with van der Waals surface area (Å²) < 4.78 is 5.43. The topological polar surface area (TPSA) is 102 Å². The molecular weight excluding hydrogens is 220 g/mol. The molecule has 2 aromatic rings. The van der Waals surface area contributed by atoms with Gasteiger partial charge in [-0.05, 0) is 24.3 Å². The molecule has 0 fully saturated rings. The molecule has 0 atom stereocenters. The highest BCUT2D eigenvalue weighted by Crippen LogP contribution is 2.38. The van der Waals surface area contributed by atoms with Crippen LogP contribution in [0.1, 0.15) is 0 Å². The molecule has 0 saturated heterocycles. The highest BCUT2D eigenvalue weighted by molar-refractivity contribution is 5.67. The lowest BCUT2D eigenvalue weighted by atomic mass is 10.2. The minimum absolute atomic E-state index is 0.0683. The zero-order chi connectivity index (χ0) is 12.4. The van der Waals surface area contributed by atoms with Gasteiger partial charge in [0.05, 0.1) is 0 Å². The van der Waals surface area contributed by atoms with E-state index in [-0.39, 0.29) is 34.4 Å². The second-order valence-electron chi connectivity index (χ2n) is 3.48. The van der Waals surface area contributed by atoms with E-state index in [4.69, 9.17) is 16.2 Å². The van der Waals surface area contributed by atoms with Crippen molar-refractivity contribution in [1.82, 2.24) is 0 Å². The Bertz CT molecular complexity index is 506. The van der Waals surface area contributed by atoms with Crippen molar-refractivity contribution >= 4 is 11.4 Å². The van der Waals surface area contributed by atoms with E-state index in [2.05, 4.69) is 0 Å². The van der Waals surface area contributed by atoms with Crippen molar-refractivity contribution in [3.05, 3.63) is 36.4 Å². The molecule has 0 aliphatic rings. The first-order valence-corrected chi connectivity index (χ1v) is 4.92. The Kier molecular flexibility index (Phi) is 2.66. The molecule has 0 aliphatic heterocycles. The molecule has 0 aromatic heterocycles. The first-order valence-electron chi connectivity index (χ1n) is 4.92. The van der Waals surface area contributed by atoms with Crippen molar-refractivity contribution in [2.75, 3.05) is 11.5 Å². The van der Waals surface area contributed by atoms with Gasteiger partial charge in [0.1, 0.15) is 22.9 Å². The number of benzene rings is 2. The van der Waals surface area contributed by atoms with Gasteiger partial charge in [-0.2, -0.15) is 0 Å². The molecule has 0 heterocycles. The lowest BCUT2D eigenvalue weighted by molar-refractivity contribution is 0.452. The third-order valence-corrected chi connectivity index (χ3v) is 2.31.